The molecule has 1 amide bonds. The van der Waals surface area contributed by atoms with Crippen molar-refractivity contribution in [3.8, 4) is 0 Å². The van der Waals surface area contributed by atoms with E-state index in [9.17, 15) is 30.3 Å². The highest BCUT2D eigenvalue weighted by Gasteiger charge is 2.51. The highest BCUT2D eigenvalue weighted by Crippen LogP contribution is 2.33. The van der Waals surface area contributed by atoms with E-state index >= 15 is 0 Å². The number of carbonyl (C=O) groups excluding carboxylic acids is 1. The third kappa shape index (κ3) is 13.8. The molecule has 0 radical (unpaired) electrons. The third-order valence-electron chi connectivity index (χ3n) is 10.4. The summed E-state index contributed by atoms with van der Waals surface area (Å²) in [5, 5.41) is 55.6. The van der Waals surface area contributed by atoms with E-state index in [1.54, 1.807) is 6.21 Å². The molecule has 3 fully saturated rings. The molecule has 0 aromatic rings. The van der Waals surface area contributed by atoms with Crippen LogP contribution in [0.2, 0.25) is 0 Å². The fourth-order valence-electron chi connectivity index (χ4n) is 6.93. The molecule has 2 aliphatic heterocycles. The average Bonchev–Trinajstić information content (AvgIpc) is 3.13. The molecule has 54 heavy (non-hydrogen) atoms. The Morgan fingerprint density at radius 2 is 1.70 bits per heavy atom. The standard InChI is InChI=1S/C38H68N6O10/c1-22(2)7-5-8-23(3)9-6-10-24(4)13-15-43-16-14-29(47)36(50)44-28-17-27(41)33(54-37-26(40)12-11-25(19-39)51-37)32(48)34(28)53-31-18-38(42,21-46)35(49)30(20-45)52-31/h7,9,13,15,25-35,37,45-49H,5-6,8,10-12,14,16-21,39-42H2,1-4H3,(H,44,50)/b23-9+,24-13+,43-15+. The van der Waals surface area contributed by atoms with Crippen LogP contribution in [0.15, 0.2) is 39.9 Å². The van der Waals surface area contributed by atoms with E-state index in [0.29, 0.717) is 12.8 Å². The number of hydrogen-bond acceptors (Lipinski definition) is 15. The van der Waals surface area contributed by atoms with Gasteiger partial charge in [-0.05, 0) is 78.7 Å². The first kappa shape index (κ1) is 46.2. The van der Waals surface area contributed by atoms with E-state index in [2.05, 4.69) is 43.2 Å². The molecule has 14 N–H and O–H groups in total. The summed E-state index contributed by atoms with van der Waals surface area (Å²) in [5.41, 5.74) is 27.1. The quantitative estimate of drug-likeness (QED) is 0.0587. The van der Waals surface area contributed by atoms with Gasteiger partial charge in [-0.1, -0.05) is 28.9 Å². The van der Waals surface area contributed by atoms with Crippen LogP contribution in [0.3, 0.4) is 0 Å². The first-order chi connectivity index (χ1) is 25.6. The summed E-state index contributed by atoms with van der Waals surface area (Å²) in [4.78, 5) is 17.6. The Balaban J connectivity index is 1.64. The van der Waals surface area contributed by atoms with Crippen molar-refractivity contribution in [1.82, 2.24) is 5.32 Å². The summed E-state index contributed by atoms with van der Waals surface area (Å²) in [5.74, 6) is -0.721. The van der Waals surface area contributed by atoms with Crippen molar-refractivity contribution < 1.29 is 49.3 Å². The lowest BCUT2D eigenvalue weighted by molar-refractivity contribution is -0.299. The van der Waals surface area contributed by atoms with Gasteiger partial charge in [0.15, 0.2) is 12.6 Å². The summed E-state index contributed by atoms with van der Waals surface area (Å²) >= 11 is 0. The fraction of sp³-hybridized carbons (Fsp3) is 0.789. The van der Waals surface area contributed by atoms with Crippen molar-refractivity contribution >= 4 is 12.1 Å². The van der Waals surface area contributed by atoms with Crippen molar-refractivity contribution in [3.63, 3.8) is 0 Å². The number of nitrogens with two attached hydrogens (primary N) is 4. The second-order valence-electron chi connectivity index (χ2n) is 15.4. The van der Waals surface area contributed by atoms with Gasteiger partial charge >= 0.3 is 0 Å². The van der Waals surface area contributed by atoms with Crippen molar-refractivity contribution in [2.24, 2.45) is 27.9 Å². The minimum Gasteiger partial charge on any atom is -0.394 e. The molecule has 16 nitrogen and oxygen atoms in total. The smallest absolute Gasteiger partial charge is 0.249 e. The summed E-state index contributed by atoms with van der Waals surface area (Å²) in [7, 11) is 0. The van der Waals surface area contributed by atoms with Gasteiger partial charge < -0.3 is 72.7 Å². The van der Waals surface area contributed by atoms with Crippen molar-refractivity contribution in [1.29, 1.82) is 0 Å². The molecular weight excluding hydrogens is 700 g/mol. The molecule has 2 heterocycles. The molecule has 310 valence electrons. The van der Waals surface area contributed by atoms with Crippen LogP contribution in [0.1, 0.15) is 85.5 Å². The Morgan fingerprint density at radius 1 is 1.00 bits per heavy atom. The van der Waals surface area contributed by atoms with Gasteiger partial charge in [0, 0.05) is 38.2 Å². The van der Waals surface area contributed by atoms with E-state index in [0.717, 1.165) is 31.3 Å². The molecular formula is C38H68N6O10. The average molecular weight is 769 g/mol. The van der Waals surface area contributed by atoms with Gasteiger partial charge in [0.05, 0.1) is 36.9 Å². The van der Waals surface area contributed by atoms with Crippen LogP contribution in [0.4, 0.5) is 0 Å². The lowest BCUT2D eigenvalue weighted by Crippen LogP contribution is -2.69. The zero-order chi connectivity index (χ0) is 40.0. The Labute approximate surface area is 320 Å². The van der Waals surface area contributed by atoms with Crippen molar-refractivity contribution in [2.45, 2.75) is 164 Å². The van der Waals surface area contributed by atoms with E-state index in [1.165, 1.54) is 11.1 Å². The summed E-state index contributed by atoms with van der Waals surface area (Å²) < 4.78 is 24.0. The Morgan fingerprint density at radius 3 is 2.37 bits per heavy atom. The number of amides is 1. The predicted octanol–water partition coefficient (Wildman–Crippen LogP) is -0.476. The Bertz CT molecular complexity index is 1280. The Hall–Kier alpha value is -2.16. The van der Waals surface area contributed by atoms with Crippen molar-refractivity contribution in [2.75, 3.05) is 26.3 Å². The zero-order valence-electron chi connectivity index (χ0n) is 32.5. The molecule has 16 heteroatoms. The van der Waals surface area contributed by atoms with Gasteiger partial charge in [-0.25, -0.2) is 0 Å². The molecule has 2 saturated heterocycles. The molecule has 3 aliphatic rings. The highest BCUT2D eigenvalue weighted by molar-refractivity contribution is 5.81. The van der Waals surface area contributed by atoms with E-state index in [4.69, 9.17) is 41.9 Å². The molecule has 0 aromatic heterocycles. The van der Waals surface area contributed by atoms with Crippen LogP contribution >= 0.6 is 0 Å². The number of carbonyl (C=O) groups is 1. The topological polar surface area (TPSA) is 284 Å². The minimum atomic E-state index is -1.59. The lowest BCUT2D eigenvalue weighted by Gasteiger charge is -2.49. The number of nitrogens with zero attached hydrogens (tertiary/aromatic N) is 1. The molecule has 3 rings (SSSR count). The minimum absolute atomic E-state index is 0.0363. The predicted molar refractivity (Wildman–Crippen MR) is 205 cm³/mol. The van der Waals surface area contributed by atoms with Gasteiger partial charge in [-0.15, -0.1) is 0 Å². The maximum atomic E-state index is 13.3. The second-order valence-corrected chi connectivity index (χ2v) is 15.4. The van der Waals surface area contributed by atoms with Gasteiger partial charge in [-0.3, -0.25) is 9.79 Å². The number of aliphatic hydroxyl groups is 5. The number of rotatable bonds is 19. The van der Waals surface area contributed by atoms with Crippen molar-refractivity contribution in [3.05, 3.63) is 34.9 Å². The molecule has 1 saturated carbocycles. The molecule has 13 unspecified atom stereocenters. The number of hydrogen-bond donors (Lipinski definition) is 10. The van der Waals surface area contributed by atoms with E-state index in [1.807, 2.05) is 13.0 Å². The molecule has 0 spiro atoms. The highest BCUT2D eigenvalue weighted by atomic mass is 16.7. The van der Waals surface area contributed by atoms with Crippen LogP contribution < -0.4 is 28.3 Å². The maximum absolute atomic E-state index is 13.3. The summed E-state index contributed by atoms with van der Waals surface area (Å²) in [6.45, 7) is 7.58. The number of aliphatic hydroxyl groups excluding tert-OH is 5. The van der Waals surface area contributed by atoms with Gasteiger partial charge in [0.1, 0.15) is 36.6 Å². The second kappa shape index (κ2) is 22.5. The molecule has 13 atom stereocenters. The van der Waals surface area contributed by atoms with Crippen LogP contribution in [-0.4, -0.2) is 143 Å². The zero-order valence-corrected chi connectivity index (χ0v) is 32.5. The van der Waals surface area contributed by atoms with E-state index < -0.39 is 92.0 Å². The first-order valence-corrected chi connectivity index (χ1v) is 19.2. The molecule has 0 aromatic carbocycles. The van der Waals surface area contributed by atoms with E-state index in [-0.39, 0.29) is 38.5 Å². The monoisotopic (exact) mass is 768 g/mol. The SMILES string of the molecule is CC(C)=CCC/C(C)=C/CC/C(C)=C/C=N/CCC(O)C(=O)NC1CC(N)C(OC2OC(CN)CCC2N)C(O)C1OC1CC(N)(CO)C(O)C(CO)O1. The van der Waals surface area contributed by atoms with Crippen LogP contribution in [0.5, 0.6) is 0 Å². The molecule has 1 aliphatic carbocycles. The van der Waals surface area contributed by atoms with Gasteiger partial charge in [-0.2, -0.15) is 0 Å². The number of nitrogens with one attached hydrogen (secondary N) is 1. The largest absolute Gasteiger partial charge is 0.394 e. The Kier molecular flexibility index (Phi) is 19.3. The van der Waals surface area contributed by atoms with Gasteiger partial charge in [0.2, 0.25) is 5.91 Å². The van der Waals surface area contributed by atoms with Gasteiger partial charge in [0.25, 0.3) is 0 Å². The third-order valence-corrected chi connectivity index (χ3v) is 10.4. The number of ether oxygens (including phenoxy) is 4. The fourth-order valence-corrected chi connectivity index (χ4v) is 6.93. The summed E-state index contributed by atoms with van der Waals surface area (Å²) in [6, 6.07) is -2.28. The van der Waals surface area contributed by atoms with Crippen LogP contribution in [0.25, 0.3) is 0 Å². The van der Waals surface area contributed by atoms with Crippen LogP contribution in [0, 0.1) is 0 Å². The summed E-state index contributed by atoms with van der Waals surface area (Å²) in [6.07, 6.45) is 2.90. The number of allylic oxidation sites excluding steroid dienone is 6. The normalized spacial score (nSPS) is 35.9. The van der Waals surface area contributed by atoms with Crippen LogP contribution in [-0.2, 0) is 23.7 Å². The maximum Gasteiger partial charge on any atom is 0.249 e. The number of aliphatic imine (C=N–C) groups is 1. The lowest BCUT2D eigenvalue weighted by atomic mass is 9.82. The first-order valence-electron chi connectivity index (χ1n) is 19.2. The molecule has 0 bridgehead atoms.